The zero-order valence-corrected chi connectivity index (χ0v) is 12.2. The number of nitrogens with zero attached hydrogens (tertiary/aromatic N) is 1. The second-order valence-corrected chi connectivity index (χ2v) is 5.10. The molecule has 0 saturated heterocycles. The average molecular weight is 278 g/mol. The van der Waals surface area contributed by atoms with Crippen LogP contribution in [-0.2, 0) is 22.6 Å². The molecular formula is C15H22N2O3. The lowest BCUT2D eigenvalue weighted by Crippen LogP contribution is -2.34. The van der Waals surface area contributed by atoms with Crippen LogP contribution in [0.25, 0.3) is 0 Å². The summed E-state index contributed by atoms with van der Waals surface area (Å²) >= 11 is 0. The second kappa shape index (κ2) is 7.65. The summed E-state index contributed by atoms with van der Waals surface area (Å²) in [4.78, 5) is 24.1. The van der Waals surface area contributed by atoms with Crippen LogP contribution in [-0.4, -0.2) is 42.5 Å². The van der Waals surface area contributed by atoms with Gasteiger partial charge in [0.1, 0.15) is 0 Å². The van der Waals surface area contributed by atoms with Gasteiger partial charge in [-0.15, -0.1) is 0 Å². The van der Waals surface area contributed by atoms with Gasteiger partial charge in [0.05, 0.1) is 6.42 Å². The first kappa shape index (κ1) is 16.2. The molecule has 0 fully saturated rings. The van der Waals surface area contributed by atoms with Gasteiger partial charge in [-0.25, -0.2) is 0 Å². The van der Waals surface area contributed by atoms with Gasteiger partial charge in [-0.1, -0.05) is 31.2 Å². The predicted octanol–water partition coefficient (Wildman–Crippen LogP) is 1.13. The third-order valence-corrected chi connectivity index (χ3v) is 3.11. The number of nitrogens with one attached hydrogen (secondary N) is 1. The van der Waals surface area contributed by atoms with Gasteiger partial charge in [0, 0.05) is 26.1 Å². The van der Waals surface area contributed by atoms with Crippen molar-refractivity contribution in [2.24, 2.45) is 5.92 Å². The maximum Gasteiger partial charge on any atom is 0.307 e. The fraction of sp³-hybridized carbons (Fsp3) is 0.467. The van der Waals surface area contributed by atoms with E-state index in [1.165, 1.54) is 0 Å². The minimum absolute atomic E-state index is 0.0358. The molecule has 5 nitrogen and oxygen atoms in total. The van der Waals surface area contributed by atoms with Gasteiger partial charge in [0.2, 0.25) is 5.91 Å². The van der Waals surface area contributed by atoms with E-state index in [1.54, 1.807) is 7.05 Å². The SMILES string of the molecule is CNC(=O)C(C)CN(C)Cc1ccc(CC(=O)O)cc1. The highest BCUT2D eigenvalue weighted by Crippen LogP contribution is 2.09. The topological polar surface area (TPSA) is 69.6 Å². The van der Waals surface area contributed by atoms with Crippen molar-refractivity contribution in [3.8, 4) is 0 Å². The van der Waals surface area contributed by atoms with E-state index < -0.39 is 5.97 Å². The zero-order valence-electron chi connectivity index (χ0n) is 12.2. The molecule has 110 valence electrons. The molecule has 0 radical (unpaired) electrons. The Morgan fingerprint density at radius 2 is 1.80 bits per heavy atom. The third kappa shape index (κ3) is 5.40. The molecule has 1 aromatic rings. The van der Waals surface area contributed by atoms with E-state index in [2.05, 4.69) is 10.2 Å². The Kier molecular flexibility index (Phi) is 6.18. The van der Waals surface area contributed by atoms with E-state index in [9.17, 15) is 9.59 Å². The van der Waals surface area contributed by atoms with Gasteiger partial charge in [-0.3, -0.25) is 9.59 Å². The van der Waals surface area contributed by atoms with Gasteiger partial charge >= 0.3 is 5.97 Å². The Morgan fingerprint density at radius 3 is 2.30 bits per heavy atom. The monoisotopic (exact) mass is 278 g/mol. The average Bonchev–Trinajstić information content (AvgIpc) is 2.39. The smallest absolute Gasteiger partial charge is 0.307 e. The van der Waals surface area contributed by atoms with Gasteiger partial charge in [0.15, 0.2) is 0 Å². The standard InChI is InChI=1S/C15H22N2O3/c1-11(15(20)16-2)9-17(3)10-13-6-4-12(5-7-13)8-14(18)19/h4-7,11H,8-10H2,1-3H3,(H,16,20)(H,18,19). The summed E-state index contributed by atoms with van der Waals surface area (Å²) in [6.07, 6.45) is 0.0455. The molecule has 0 spiro atoms. The number of hydrogen-bond donors (Lipinski definition) is 2. The van der Waals surface area contributed by atoms with Crippen molar-refractivity contribution in [3.05, 3.63) is 35.4 Å². The van der Waals surface area contributed by atoms with Gasteiger partial charge in [0.25, 0.3) is 0 Å². The normalized spacial score (nSPS) is 12.2. The Balaban J connectivity index is 2.51. The van der Waals surface area contributed by atoms with Crippen molar-refractivity contribution in [2.75, 3.05) is 20.6 Å². The Labute approximate surface area is 119 Å². The van der Waals surface area contributed by atoms with Crippen molar-refractivity contribution in [2.45, 2.75) is 19.9 Å². The molecule has 1 rings (SSSR count). The minimum Gasteiger partial charge on any atom is -0.481 e. The molecule has 1 atom stereocenters. The lowest BCUT2D eigenvalue weighted by atomic mass is 10.1. The van der Waals surface area contributed by atoms with E-state index in [1.807, 2.05) is 38.2 Å². The van der Waals surface area contributed by atoms with Crippen LogP contribution in [0.5, 0.6) is 0 Å². The molecule has 1 unspecified atom stereocenters. The van der Waals surface area contributed by atoms with Crippen LogP contribution in [0.1, 0.15) is 18.1 Å². The number of carbonyl (C=O) groups excluding carboxylic acids is 1. The third-order valence-electron chi connectivity index (χ3n) is 3.11. The Morgan fingerprint density at radius 1 is 1.25 bits per heavy atom. The highest BCUT2D eigenvalue weighted by molar-refractivity contribution is 5.78. The van der Waals surface area contributed by atoms with Crippen LogP contribution >= 0.6 is 0 Å². The van der Waals surface area contributed by atoms with Crippen molar-refractivity contribution in [3.63, 3.8) is 0 Å². The lowest BCUT2D eigenvalue weighted by Gasteiger charge is -2.20. The second-order valence-electron chi connectivity index (χ2n) is 5.10. The van der Waals surface area contributed by atoms with Crippen LogP contribution in [0.3, 0.4) is 0 Å². The first-order chi connectivity index (χ1) is 9.42. The van der Waals surface area contributed by atoms with E-state index in [0.29, 0.717) is 6.54 Å². The molecule has 0 aliphatic rings. The van der Waals surface area contributed by atoms with E-state index in [-0.39, 0.29) is 18.2 Å². The van der Waals surface area contributed by atoms with Crippen molar-refractivity contribution < 1.29 is 14.7 Å². The highest BCUT2D eigenvalue weighted by Gasteiger charge is 2.13. The highest BCUT2D eigenvalue weighted by atomic mass is 16.4. The largest absolute Gasteiger partial charge is 0.481 e. The van der Waals surface area contributed by atoms with Crippen LogP contribution < -0.4 is 5.32 Å². The molecule has 0 bridgehead atoms. The molecule has 20 heavy (non-hydrogen) atoms. The first-order valence-corrected chi connectivity index (χ1v) is 6.62. The fourth-order valence-electron chi connectivity index (χ4n) is 2.11. The fourth-order valence-corrected chi connectivity index (χ4v) is 2.11. The van der Waals surface area contributed by atoms with E-state index >= 15 is 0 Å². The van der Waals surface area contributed by atoms with Crippen molar-refractivity contribution in [1.82, 2.24) is 10.2 Å². The van der Waals surface area contributed by atoms with Crippen LogP contribution in [0.15, 0.2) is 24.3 Å². The Bertz CT molecular complexity index is 457. The quantitative estimate of drug-likeness (QED) is 0.784. The van der Waals surface area contributed by atoms with Crippen molar-refractivity contribution >= 4 is 11.9 Å². The molecule has 0 aliphatic heterocycles. The molecule has 2 N–H and O–H groups in total. The van der Waals surface area contributed by atoms with Crippen LogP contribution in [0, 0.1) is 5.92 Å². The molecule has 0 heterocycles. The summed E-state index contributed by atoms with van der Waals surface area (Å²) in [5.41, 5.74) is 1.90. The minimum atomic E-state index is -0.825. The zero-order chi connectivity index (χ0) is 15.1. The van der Waals surface area contributed by atoms with Crippen molar-refractivity contribution in [1.29, 1.82) is 0 Å². The van der Waals surface area contributed by atoms with Crippen LogP contribution in [0.4, 0.5) is 0 Å². The number of amides is 1. The number of benzene rings is 1. The lowest BCUT2D eigenvalue weighted by molar-refractivity contribution is -0.136. The number of carboxylic acids is 1. The van der Waals surface area contributed by atoms with Crippen LogP contribution in [0.2, 0.25) is 0 Å². The number of aliphatic carboxylic acids is 1. The molecule has 5 heteroatoms. The van der Waals surface area contributed by atoms with Gasteiger partial charge in [-0.2, -0.15) is 0 Å². The summed E-state index contributed by atoms with van der Waals surface area (Å²) in [7, 11) is 3.60. The molecular weight excluding hydrogens is 256 g/mol. The van der Waals surface area contributed by atoms with E-state index in [4.69, 9.17) is 5.11 Å². The number of carboxylic acid groups (broad SMARTS) is 1. The number of rotatable bonds is 7. The van der Waals surface area contributed by atoms with E-state index in [0.717, 1.165) is 17.7 Å². The number of hydrogen-bond acceptors (Lipinski definition) is 3. The number of carbonyl (C=O) groups is 2. The summed E-state index contributed by atoms with van der Waals surface area (Å²) in [5.74, 6) is -0.848. The summed E-state index contributed by atoms with van der Waals surface area (Å²) in [6, 6.07) is 7.53. The maximum absolute atomic E-state index is 11.5. The van der Waals surface area contributed by atoms with Gasteiger partial charge in [-0.05, 0) is 18.2 Å². The molecule has 0 aromatic heterocycles. The molecule has 0 saturated carbocycles. The molecule has 1 aromatic carbocycles. The molecule has 1 amide bonds. The first-order valence-electron chi connectivity index (χ1n) is 6.62. The summed E-state index contributed by atoms with van der Waals surface area (Å²) in [6.45, 7) is 3.30. The maximum atomic E-state index is 11.5. The Hall–Kier alpha value is -1.88. The predicted molar refractivity (Wildman–Crippen MR) is 77.3 cm³/mol. The summed E-state index contributed by atoms with van der Waals surface area (Å²) in [5, 5.41) is 11.3. The summed E-state index contributed by atoms with van der Waals surface area (Å²) < 4.78 is 0. The van der Waals surface area contributed by atoms with Gasteiger partial charge < -0.3 is 15.3 Å². The molecule has 0 aliphatic carbocycles.